The van der Waals surface area contributed by atoms with E-state index in [9.17, 15) is 9.90 Å². The lowest BCUT2D eigenvalue weighted by atomic mass is 9.86. The highest BCUT2D eigenvalue weighted by Gasteiger charge is 2.40. The first-order chi connectivity index (χ1) is 22.6. The molecule has 0 spiro atoms. The third kappa shape index (κ3) is 10.4. The number of nitrogens with one attached hydrogen (secondary N) is 1. The van der Waals surface area contributed by atoms with Crippen LogP contribution in [0.2, 0.25) is 10.0 Å². The SMILES string of the molecule is CCCCCCCCCCCCOc1ccccc1N=C1NN(c2cc(Cl)ccc2Cl)C(=O)C1N=Nc1ccc(O)c(C(C)(C)C)c1. The molecular weight excluding hydrogens is 633 g/mol. The third-order valence-electron chi connectivity index (χ3n) is 8.03. The summed E-state index contributed by atoms with van der Waals surface area (Å²) in [5.74, 6) is 0.636. The van der Waals surface area contributed by atoms with Gasteiger partial charge in [0.25, 0.3) is 5.91 Å². The van der Waals surface area contributed by atoms with E-state index < -0.39 is 11.9 Å². The molecule has 0 bridgehead atoms. The fourth-order valence-electron chi connectivity index (χ4n) is 5.38. The van der Waals surface area contributed by atoms with E-state index in [2.05, 4.69) is 22.6 Å². The van der Waals surface area contributed by atoms with Crippen molar-refractivity contribution in [1.29, 1.82) is 0 Å². The first-order valence-corrected chi connectivity index (χ1v) is 17.4. The number of amidine groups is 1. The molecule has 1 heterocycles. The Labute approximate surface area is 289 Å². The number of rotatable bonds is 16. The Bertz CT molecular complexity index is 1550. The maximum Gasteiger partial charge on any atom is 0.280 e. The maximum absolute atomic E-state index is 13.8. The van der Waals surface area contributed by atoms with Gasteiger partial charge in [0, 0.05) is 10.6 Å². The highest BCUT2D eigenvalue weighted by atomic mass is 35.5. The van der Waals surface area contributed by atoms with Gasteiger partial charge in [-0.2, -0.15) is 10.2 Å². The van der Waals surface area contributed by atoms with Gasteiger partial charge >= 0.3 is 0 Å². The van der Waals surface area contributed by atoms with Crippen molar-refractivity contribution in [2.24, 2.45) is 15.2 Å². The third-order valence-corrected chi connectivity index (χ3v) is 8.58. The average Bonchev–Trinajstić information content (AvgIpc) is 3.34. The van der Waals surface area contributed by atoms with E-state index >= 15 is 0 Å². The van der Waals surface area contributed by atoms with E-state index in [0.29, 0.717) is 39.5 Å². The van der Waals surface area contributed by atoms with E-state index in [-0.39, 0.29) is 17.0 Å². The number of unbranched alkanes of at least 4 members (excludes halogenated alkanes) is 9. The van der Waals surface area contributed by atoms with E-state index in [4.69, 9.17) is 32.9 Å². The molecule has 10 heteroatoms. The van der Waals surface area contributed by atoms with Crippen molar-refractivity contribution >= 4 is 52.0 Å². The van der Waals surface area contributed by atoms with Gasteiger partial charge in [-0.25, -0.2) is 10.0 Å². The molecule has 1 fully saturated rings. The summed E-state index contributed by atoms with van der Waals surface area (Å²) in [5, 5.41) is 21.3. The fourth-order valence-corrected chi connectivity index (χ4v) is 5.75. The van der Waals surface area contributed by atoms with E-state index in [1.54, 1.807) is 36.4 Å². The van der Waals surface area contributed by atoms with Gasteiger partial charge in [-0.1, -0.05) is 121 Å². The number of ether oxygens (including phenoxy) is 1. The number of phenolic OH excluding ortho intramolecular Hbond substituents is 1. The number of amides is 1. The van der Waals surface area contributed by atoms with Crippen molar-refractivity contribution in [3.8, 4) is 11.5 Å². The quantitative estimate of drug-likeness (QED) is 0.116. The van der Waals surface area contributed by atoms with Crippen molar-refractivity contribution in [2.75, 3.05) is 11.6 Å². The number of aliphatic imine (C=N–C) groups is 1. The van der Waals surface area contributed by atoms with Crippen LogP contribution < -0.4 is 15.2 Å². The van der Waals surface area contributed by atoms with E-state index in [0.717, 1.165) is 18.4 Å². The fraction of sp³-hybridized carbons (Fsp3) is 0.459. The lowest BCUT2D eigenvalue weighted by Gasteiger charge is -2.20. The number of aromatic hydroxyl groups is 1. The summed E-state index contributed by atoms with van der Waals surface area (Å²) in [4.78, 5) is 18.6. The van der Waals surface area contributed by atoms with Crippen molar-refractivity contribution in [2.45, 2.75) is 103 Å². The number of hydrogen-bond acceptors (Lipinski definition) is 6. The molecule has 3 aromatic rings. The standard InChI is InChI=1S/C37H47Cl2N5O3/c1-5-6-7-8-9-10-11-12-13-16-23-47-33-18-15-14-17-30(33)40-35-34(36(46)44(43-35)31-24-26(38)19-21-29(31)39)42-41-27-20-22-32(45)28(25-27)37(2,3)4/h14-15,17-22,24-25,34,45H,5-13,16,23H2,1-4H3,(H,40,43). The summed E-state index contributed by atoms with van der Waals surface area (Å²) < 4.78 is 6.16. The van der Waals surface area contributed by atoms with Crippen LogP contribution in [0.5, 0.6) is 11.5 Å². The number of carbonyl (C=O) groups excluding carboxylic acids is 1. The number of hydrazine groups is 1. The van der Waals surface area contributed by atoms with Crippen molar-refractivity contribution in [3.05, 3.63) is 76.3 Å². The summed E-state index contributed by atoms with van der Waals surface area (Å²) in [7, 11) is 0. The number of nitrogens with zero attached hydrogens (tertiary/aromatic N) is 4. The number of para-hydroxylation sites is 2. The first-order valence-electron chi connectivity index (χ1n) is 16.7. The molecule has 0 aromatic heterocycles. The number of phenols is 1. The molecule has 0 aliphatic carbocycles. The Hall–Kier alpha value is -3.62. The van der Waals surface area contributed by atoms with Crippen LogP contribution in [0.3, 0.4) is 0 Å². The molecule has 1 saturated heterocycles. The topological polar surface area (TPSA) is 98.9 Å². The van der Waals surface area contributed by atoms with Crippen LogP contribution in [-0.4, -0.2) is 29.5 Å². The smallest absolute Gasteiger partial charge is 0.280 e. The van der Waals surface area contributed by atoms with Crippen molar-refractivity contribution in [3.63, 3.8) is 0 Å². The van der Waals surface area contributed by atoms with E-state index in [1.807, 2.05) is 45.0 Å². The molecular formula is C37H47Cl2N5O3. The van der Waals surface area contributed by atoms with Crippen LogP contribution in [0.25, 0.3) is 0 Å². The average molecular weight is 681 g/mol. The van der Waals surface area contributed by atoms with Gasteiger partial charge in [0.2, 0.25) is 6.04 Å². The minimum atomic E-state index is -1.09. The van der Waals surface area contributed by atoms with Gasteiger partial charge in [-0.05, 0) is 60.4 Å². The number of azo groups is 1. The summed E-state index contributed by atoms with van der Waals surface area (Å²) in [6, 6.07) is 16.3. The lowest BCUT2D eigenvalue weighted by molar-refractivity contribution is -0.117. The summed E-state index contributed by atoms with van der Waals surface area (Å²) in [6.45, 7) is 8.83. The van der Waals surface area contributed by atoms with Crippen molar-refractivity contribution in [1.82, 2.24) is 5.43 Å². The molecule has 0 saturated carbocycles. The normalized spacial score (nSPS) is 16.0. The zero-order valence-electron chi connectivity index (χ0n) is 27.9. The van der Waals surface area contributed by atoms with Crippen LogP contribution >= 0.6 is 23.2 Å². The molecule has 1 amide bonds. The molecule has 47 heavy (non-hydrogen) atoms. The highest BCUT2D eigenvalue weighted by molar-refractivity contribution is 6.36. The first kappa shape index (κ1) is 36.2. The molecule has 1 aliphatic heterocycles. The second kappa shape index (κ2) is 17.5. The van der Waals surface area contributed by atoms with Crippen LogP contribution in [0, 0.1) is 0 Å². The number of benzene rings is 3. The van der Waals surface area contributed by atoms with Gasteiger partial charge in [0.1, 0.15) is 17.2 Å². The van der Waals surface area contributed by atoms with Crippen LogP contribution in [0.4, 0.5) is 17.1 Å². The molecule has 4 rings (SSSR count). The second-order valence-electron chi connectivity index (χ2n) is 12.9. The summed E-state index contributed by atoms with van der Waals surface area (Å²) >= 11 is 12.7. The van der Waals surface area contributed by atoms with Crippen molar-refractivity contribution < 1.29 is 14.6 Å². The predicted molar refractivity (Wildman–Crippen MR) is 193 cm³/mol. The van der Waals surface area contributed by atoms with Gasteiger partial charge in [-0.15, -0.1) is 0 Å². The number of anilines is 1. The number of carbonyl (C=O) groups is 1. The number of hydrogen-bond donors (Lipinski definition) is 2. The zero-order chi connectivity index (χ0) is 33.8. The van der Waals surface area contributed by atoms with Gasteiger partial charge < -0.3 is 9.84 Å². The molecule has 3 aromatic carbocycles. The molecule has 252 valence electrons. The van der Waals surface area contributed by atoms with Crippen LogP contribution in [0.1, 0.15) is 97.5 Å². The minimum Gasteiger partial charge on any atom is -0.508 e. The largest absolute Gasteiger partial charge is 0.508 e. The van der Waals surface area contributed by atoms with Gasteiger partial charge in [0.05, 0.1) is 23.0 Å². The Morgan fingerprint density at radius 2 is 1.57 bits per heavy atom. The van der Waals surface area contributed by atoms with Gasteiger partial charge in [0.15, 0.2) is 5.84 Å². The molecule has 2 N–H and O–H groups in total. The monoisotopic (exact) mass is 679 g/mol. The van der Waals surface area contributed by atoms with Crippen LogP contribution in [0.15, 0.2) is 75.9 Å². The molecule has 1 aliphatic rings. The Morgan fingerprint density at radius 3 is 2.28 bits per heavy atom. The Balaban J connectivity index is 1.51. The summed E-state index contributed by atoms with van der Waals surface area (Å²) in [5.41, 5.74) is 4.93. The van der Waals surface area contributed by atoms with Crippen LogP contribution in [-0.2, 0) is 10.2 Å². The van der Waals surface area contributed by atoms with Gasteiger partial charge in [-0.3, -0.25) is 10.2 Å². The molecule has 0 radical (unpaired) electrons. The lowest BCUT2D eigenvalue weighted by Crippen LogP contribution is -2.36. The molecule has 8 nitrogen and oxygen atoms in total. The second-order valence-corrected chi connectivity index (χ2v) is 13.8. The summed E-state index contributed by atoms with van der Waals surface area (Å²) in [6.07, 6.45) is 12.5. The Morgan fingerprint density at radius 1 is 0.894 bits per heavy atom. The maximum atomic E-state index is 13.8. The molecule has 1 unspecified atom stereocenters. The number of halogens is 2. The Kier molecular flexibility index (Phi) is 13.5. The van der Waals surface area contributed by atoms with E-state index in [1.165, 1.54) is 56.4 Å². The molecule has 1 atom stereocenters. The minimum absolute atomic E-state index is 0.175. The highest BCUT2D eigenvalue weighted by Crippen LogP contribution is 2.35. The zero-order valence-corrected chi connectivity index (χ0v) is 29.4. The predicted octanol–water partition coefficient (Wildman–Crippen LogP) is 11.0.